The molecule has 0 saturated heterocycles. The maximum Gasteiger partial charge on any atom is 0.490 e. The number of carboxylic acid groups (broad SMARTS) is 2. The van der Waals surface area contributed by atoms with Crippen molar-refractivity contribution in [1.29, 1.82) is 0 Å². The van der Waals surface area contributed by atoms with Crippen LogP contribution in [0.1, 0.15) is 21.5 Å². The third-order valence-corrected chi connectivity index (χ3v) is 4.62. The van der Waals surface area contributed by atoms with Crippen molar-refractivity contribution in [2.75, 3.05) is 17.7 Å². The lowest BCUT2D eigenvalue weighted by Crippen LogP contribution is -2.21. The molecule has 0 bridgehead atoms. The molecule has 0 aliphatic heterocycles. The Bertz CT molecular complexity index is 1400. The van der Waals surface area contributed by atoms with Crippen LogP contribution in [0.15, 0.2) is 54.9 Å². The summed E-state index contributed by atoms with van der Waals surface area (Å²) in [6.07, 6.45) is -12.5. The van der Waals surface area contributed by atoms with Gasteiger partial charge in [-0.25, -0.2) is 19.6 Å². The Morgan fingerprint density at radius 3 is 1.77 bits per heavy atom. The highest BCUT2D eigenvalue weighted by Gasteiger charge is 2.39. The van der Waals surface area contributed by atoms with E-state index in [4.69, 9.17) is 19.8 Å². The SMILES string of the molecule is CNC(=O)c1ccccc1Nc1cc(Nc2ncccc2C)ncc1C(F)(F)F.O=C(O)C(F)(F)F.O=C(O)C(F)(F)F. The summed E-state index contributed by atoms with van der Waals surface area (Å²) in [7, 11) is 1.45. The number of carboxylic acids is 2. The maximum absolute atomic E-state index is 13.5. The number of para-hydroxylation sites is 1. The molecule has 3 rings (SSSR count). The van der Waals surface area contributed by atoms with Crippen LogP contribution < -0.4 is 16.0 Å². The summed E-state index contributed by atoms with van der Waals surface area (Å²) >= 11 is 0. The molecule has 1 amide bonds. The van der Waals surface area contributed by atoms with Gasteiger partial charge in [0.1, 0.15) is 11.6 Å². The summed E-state index contributed by atoms with van der Waals surface area (Å²) in [5.74, 6) is -5.27. The van der Waals surface area contributed by atoms with Crippen LogP contribution in [-0.2, 0) is 15.8 Å². The van der Waals surface area contributed by atoms with E-state index in [1.54, 1.807) is 24.4 Å². The lowest BCUT2D eigenvalue weighted by atomic mass is 10.1. The number of anilines is 4. The maximum atomic E-state index is 13.5. The van der Waals surface area contributed by atoms with E-state index in [1.165, 1.54) is 25.2 Å². The first-order valence-corrected chi connectivity index (χ1v) is 11.1. The number of amides is 1. The van der Waals surface area contributed by atoms with E-state index in [0.717, 1.165) is 11.8 Å². The van der Waals surface area contributed by atoms with Gasteiger partial charge in [0.15, 0.2) is 0 Å². The highest BCUT2D eigenvalue weighted by Crippen LogP contribution is 2.37. The second-order valence-electron chi connectivity index (χ2n) is 7.76. The fourth-order valence-electron chi connectivity index (χ4n) is 2.66. The number of rotatable bonds is 5. The van der Waals surface area contributed by atoms with Crippen molar-refractivity contribution in [3.8, 4) is 0 Å². The molecule has 0 aliphatic rings. The average Bonchev–Trinajstić information content (AvgIpc) is 2.89. The fraction of sp³-hybridized carbons (Fsp3) is 0.208. The van der Waals surface area contributed by atoms with E-state index in [2.05, 4.69) is 25.9 Å². The molecule has 0 radical (unpaired) electrons. The number of alkyl halides is 9. The Hall–Kier alpha value is -5.10. The molecule has 0 spiro atoms. The van der Waals surface area contributed by atoms with Crippen LogP contribution >= 0.6 is 0 Å². The summed E-state index contributed by atoms with van der Waals surface area (Å²) in [5, 5.41) is 22.4. The first kappa shape index (κ1) is 35.9. The van der Waals surface area contributed by atoms with Gasteiger partial charge in [0.25, 0.3) is 5.91 Å². The molecular formula is C24H20F9N5O5. The number of aromatic nitrogens is 2. The molecule has 5 N–H and O–H groups in total. The average molecular weight is 629 g/mol. The van der Waals surface area contributed by atoms with Crippen molar-refractivity contribution in [3.05, 3.63) is 71.5 Å². The molecule has 0 saturated carbocycles. The molecule has 234 valence electrons. The predicted molar refractivity (Wildman–Crippen MR) is 132 cm³/mol. The predicted octanol–water partition coefficient (Wildman–Crippen LogP) is 5.92. The van der Waals surface area contributed by atoms with E-state index in [0.29, 0.717) is 5.82 Å². The lowest BCUT2D eigenvalue weighted by molar-refractivity contribution is -0.193. The van der Waals surface area contributed by atoms with Gasteiger partial charge in [-0.2, -0.15) is 39.5 Å². The van der Waals surface area contributed by atoms with E-state index in [1.807, 2.05) is 13.0 Å². The number of nitrogens with one attached hydrogen (secondary N) is 3. The summed E-state index contributed by atoms with van der Waals surface area (Å²) in [5.41, 5.74) is 0.0830. The zero-order valence-electron chi connectivity index (χ0n) is 21.6. The Balaban J connectivity index is 0.000000548. The monoisotopic (exact) mass is 629 g/mol. The van der Waals surface area contributed by atoms with Gasteiger partial charge in [-0.15, -0.1) is 0 Å². The first-order valence-electron chi connectivity index (χ1n) is 11.1. The molecule has 1 aromatic carbocycles. The Morgan fingerprint density at radius 1 is 0.767 bits per heavy atom. The van der Waals surface area contributed by atoms with Crippen LogP contribution in [0.25, 0.3) is 0 Å². The minimum atomic E-state index is -5.08. The number of nitrogens with zero attached hydrogens (tertiary/aromatic N) is 2. The van der Waals surface area contributed by atoms with Gasteiger partial charge in [-0.3, -0.25) is 4.79 Å². The number of hydrogen-bond acceptors (Lipinski definition) is 7. The second-order valence-corrected chi connectivity index (χ2v) is 7.76. The molecule has 43 heavy (non-hydrogen) atoms. The number of carbonyl (C=O) groups excluding carboxylic acids is 1. The number of benzene rings is 1. The van der Waals surface area contributed by atoms with Gasteiger partial charge in [0, 0.05) is 25.5 Å². The van der Waals surface area contributed by atoms with Crippen LogP contribution in [0, 0.1) is 6.92 Å². The molecule has 2 heterocycles. The molecule has 19 heteroatoms. The van der Waals surface area contributed by atoms with Crippen LogP contribution in [0.4, 0.5) is 62.5 Å². The highest BCUT2D eigenvalue weighted by atomic mass is 19.4. The summed E-state index contributed by atoms with van der Waals surface area (Å²) in [6, 6.07) is 11.1. The molecule has 0 atom stereocenters. The van der Waals surface area contributed by atoms with Gasteiger partial charge in [-0.1, -0.05) is 18.2 Å². The minimum Gasteiger partial charge on any atom is -0.475 e. The third kappa shape index (κ3) is 11.7. The van der Waals surface area contributed by atoms with Gasteiger partial charge >= 0.3 is 30.5 Å². The highest BCUT2D eigenvalue weighted by molar-refractivity contribution is 6.00. The molecule has 0 unspecified atom stereocenters. The number of aryl methyl sites for hydroxylation is 1. The van der Waals surface area contributed by atoms with E-state index in [-0.39, 0.29) is 22.8 Å². The van der Waals surface area contributed by atoms with Crippen molar-refractivity contribution in [2.24, 2.45) is 0 Å². The Kier molecular flexibility index (Phi) is 12.3. The normalized spacial score (nSPS) is 11.1. The Labute approximate surface area is 235 Å². The van der Waals surface area contributed by atoms with Crippen molar-refractivity contribution in [1.82, 2.24) is 15.3 Å². The zero-order valence-corrected chi connectivity index (χ0v) is 21.6. The van der Waals surface area contributed by atoms with Crippen molar-refractivity contribution in [3.63, 3.8) is 0 Å². The van der Waals surface area contributed by atoms with Gasteiger partial charge < -0.3 is 26.2 Å². The number of carbonyl (C=O) groups is 3. The third-order valence-electron chi connectivity index (χ3n) is 4.62. The van der Waals surface area contributed by atoms with Gasteiger partial charge in [-0.05, 0) is 30.7 Å². The number of pyridine rings is 2. The van der Waals surface area contributed by atoms with Gasteiger partial charge in [0.2, 0.25) is 0 Å². The lowest BCUT2D eigenvalue weighted by Gasteiger charge is -2.17. The fourth-order valence-corrected chi connectivity index (χ4v) is 2.66. The van der Waals surface area contributed by atoms with Crippen LogP contribution in [0.5, 0.6) is 0 Å². The summed E-state index contributed by atoms with van der Waals surface area (Å²) in [4.78, 5) is 37.9. The molecule has 2 aromatic heterocycles. The number of aliphatic carboxylic acids is 2. The van der Waals surface area contributed by atoms with Crippen molar-refractivity contribution in [2.45, 2.75) is 25.5 Å². The second kappa shape index (κ2) is 14.7. The summed E-state index contributed by atoms with van der Waals surface area (Å²) < 4.78 is 104. The van der Waals surface area contributed by atoms with E-state index < -0.39 is 41.9 Å². The van der Waals surface area contributed by atoms with E-state index in [9.17, 15) is 44.3 Å². The largest absolute Gasteiger partial charge is 0.490 e. The zero-order chi connectivity index (χ0) is 33.2. The molecule has 0 fully saturated rings. The van der Waals surface area contributed by atoms with Crippen molar-refractivity contribution >= 4 is 40.9 Å². The first-order chi connectivity index (χ1) is 19.7. The number of hydrogen-bond donors (Lipinski definition) is 5. The molecular weight excluding hydrogens is 609 g/mol. The van der Waals surface area contributed by atoms with Crippen LogP contribution in [-0.4, -0.2) is 57.4 Å². The topological polar surface area (TPSA) is 154 Å². The van der Waals surface area contributed by atoms with Crippen LogP contribution in [0.2, 0.25) is 0 Å². The molecule has 3 aromatic rings. The smallest absolute Gasteiger partial charge is 0.475 e. The summed E-state index contributed by atoms with van der Waals surface area (Å²) in [6.45, 7) is 1.82. The van der Waals surface area contributed by atoms with Crippen molar-refractivity contribution < 1.29 is 64.1 Å². The van der Waals surface area contributed by atoms with E-state index >= 15 is 0 Å². The molecule has 10 nitrogen and oxygen atoms in total. The molecule has 0 aliphatic carbocycles. The minimum absolute atomic E-state index is 0.180. The number of halogens is 9. The standard InChI is InChI=1S/C20H18F3N5O.2C2HF3O2/c1-12-6-5-9-25-18(12)28-17-10-16(14(11-26-17)20(21,22)23)27-15-8-4-3-7-13(15)19(29)24-2;2*3-2(4,5)1(6)7/h3-11H,1-2H3,(H,24,29)(H2,25,26,27,28);2*(H,6,7). The Morgan fingerprint density at radius 2 is 1.30 bits per heavy atom. The van der Waals surface area contributed by atoms with Gasteiger partial charge in [0.05, 0.1) is 22.5 Å². The van der Waals surface area contributed by atoms with Crippen LogP contribution in [0.3, 0.4) is 0 Å². The quantitative estimate of drug-likeness (QED) is 0.217.